The highest BCUT2D eigenvalue weighted by Crippen LogP contribution is 2.30. The summed E-state index contributed by atoms with van der Waals surface area (Å²) in [6.07, 6.45) is -0.695. The van der Waals surface area contributed by atoms with E-state index in [0.717, 1.165) is 5.56 Å². The SMILES string of the molecule is COCCCOc1ccc(C)cc1NC(=O)C[C@@H](C[C@H](NC(=O)OC(C)(C)C)[C@@H](O)C[C@H](C(=O)NCc1cccc(F)c1)C(C)C)C(C)C. The Morgan fingerprint density at radius 3 is 2.29 bits per heavy atom. The molecule has 0 radical (unpaired) electrons. The first-order valence-corrected chi connectivity index (χ1v) is 17.2. The van der Waals surface area contributed by atoms with E-state index in [9.17, 15) is 23.9 Å². The fraction of sp³-hybridized carbons (Fsp3) is 0.605. The minimum Gasteiger partial charge on any atom is -0.491 e. The average Bonchev–Trinajstić information content (AvgIpc) is 2.99. The molecule has 10 nitrogen and oxygen atoms in total. The summed E-state index contributed by atoms with van der Waals surface area (Å²) in [5.41, 5.74) is 1.38. The number of methoxy groups -OCH3 is 1. The van der Waals surface area contributed by atoms with Crippen LogP contribution in [0.1, 0.15) is 85.3 Å². The van der Waals surface area contributed by atoms with E-state index in [2.05, 4.69) is 16.0 Å². The molecule has 0 aromatic heterocycles. The van der Waals surface area contributed by atoms with Crippen LogP contribution >= 0.6 is 0 Å². The van der Waals surface area contributed by atoms with E-state index < -0.39 is 35.6 Å². The topological polar surface area (TPSA) is 135 Å². The van der Waals surface area contributed by atoms with Crippen molar-refractivity contribution in [2.24, 2.45) is 23.7 Å². The highest BCUT2D eigenvalue weighted by atomic mass is 19.1. The van der Waals surface area contributed by atoms with Gasteiger partial charge in [0, 0.05) is 39.0 Å². The van der Waals surface area contributed by atoms with Crippen LogP contribution in [0.2, 0.25) is 0 Å². The molecule has 3 amide bonds. The van der Waals surface area contributed by atoms with E-state index in [4.69, 9.17) is 14.2 Å². The van der Waals surface area contributed by atoms with Gasteiger partial charge in [-0.3, -0.25) is 9.59 Å². The number of carbonyl (C=O) groups excluding carboxylic acids is 3. The van der Waals surface area contributed by atoms with E-state index in [1.54, 1.807) is 40.0 Å². The predicted molar refractivity (Wildman–Crippen MR) is 190 cm³/mol. The zero-order valence-corrected chi connectivity index (χ0v) is 30.7. The van der Waals surface area contributed by atoms with Crippen molar-refractivity contribution in [1.29, 1.82) is 0 Å². The van der Waals surface area contributed by atoms with Crippen LogP contribution in [0, 0.1) is 36.4 Å². The zero-order valence-electron chi connectivity index (χ0n) is 30.7. The number of benzene rings is 2. The number of halogens is 1. The average molecular weight is 688 g/mol. The Morgan fingerprint density at radius 1 is 0.959 bits per heavy atom. The van der Waals surface area contributed by atoms with Gasteiger partial charge in [0.25, 0.3) is 0 Å². The van der Waals surface area contributed by atoms with Gasteiger partial charge in [0.1, 0.15) is 17.2 Å². The van der Waals surface area contributed by atoms with Crippen molar-refractivity contribution in [3.05, 3.63) is 59.4 Å². The maximum atomic E-state index is 13.7. The third-order valence-electron chi connectivity index (χ3n) is 8.27. The lowest BCUT2D eigenvalue weighted by molar-refractivity contribution is -0.127. The van der Waals surface area contributed by atoms with Gasteiger partial charge in [-0.25, -0.2) is 9.18 Å². The van der Waals surface area contributed by atoms with Gasteiger partial charge in [0.2, 0.25) is 11.8 Å². The van der Waals surface area contributed by atoms with Crippen LogP contribution in [-0.4, -0.2) is 61.1 Å². The summed E-state index contributed by atoms with van der Waals surface area (Å²) in [5.74, 6) is -1.32. The summed E-state index contributed by atoms with van der Waals surface area (Å²) >= 11 is 0. The lowest BCUT2D eigenvalue weighted by atomic mass is 9.81. The second-order valence-electron chi connectivity index (χ2n) is 14.4. The lowest BCUT2D eigenvalue weighted by Gasteiger charge is -2.33. The number of amides is 3. The molecule has 11 heteroatoms. The zero-order chi connectivity index (χ0) is 36.7. The number of nitrogens with one attached hydrogen (secondary N) is 3. The Hall–Kier alpha value is -3.70. The first kappa shape index (κ1) is 41.5. The monoisotopic (exact) mass is 687 g/mol. The summed E-state index contributed by atoms with van der Waals surface area (Å²) < 4.78 is 30.2. The highest BCUT2D eigenvalue weighted by molar-refractivity contribution is 5.92. The van der Waals surface area contributed by atoms with E-state index in [-0.39, 0.29) is 55.4 Å². The van der Waals surface area contributed by atoms with Crippen molar-refractivity contribution in [1.82, 2.24) is 10.6 Å². The summed E-state index contributed by atoms with van der Waals surface area (Å²) in [6, 6.07) is 10.8. The van der Waals surface area contributed by atoms with Crippen LogP contribution in [-0.2, 0) is 25.6 Å². The molecule has 0 aliphatic heterocycles. The first-order chi connectivity index (χ1) is 23.0. The number of aryl methyl sites for hydroxylation is 1. The largest absolute Gasteiger partial charge is 0.491 e. The van der Waals surface area contributed by atoms with Gasteiger partial charge in [-0.15, -0.1) is 0 Å². The van der Waals surface area contributed by atoms with Gasteiger partial charge in [-0.2, -0.15) is 0 Å². The normalized spacial score (nSPS) is 14.1. The van der Waals surface area contributed by atoms with Crippen LogP contribution in [0.5, 0.6) is 5.75 Å². The second kappa shape index (κ2) is 20.1. The molecule has 49 heavy (non-hydrogen) atoms. The Labute approximate surface area is 291 Å². The molecule has 2 aromatic rings. The number of carbonyl (C=O) groups is 3. The Morgan fingerprint density at radius 2 is 1.67 bits per heavy atom. The highest BCUT2D eigenvalue weighted by Gasteiger charge is 2.34. The molecule has 0 spiro atoms. The van der Waals surface area contributed by atoms with Crippen LogP contribution in [0.4, 0.5) is 14.9 Å². The smallest absolute Gasteiger partial charge is 0.407 e. The van der Waals surface area contributed by atoms with Crippen LogP contribution in [0.15, 0.2) is 42.5 Å². The molecule has 0 fully saturated rings. The molecule has 4 N–H and O–H groups in total. The number of aliphatic hydroxyl groups excluding tert-OH is 1. The number of hydrogen-bond donors (Lipinski definition) is 4. The summed E-state index contributed by atoms with van der Waals surface area (Å²) in [4.78, 5) is 39.7. The molecule has 4 atom stereocenters. The van der Waals surface area contributed by atoms with Gasteiger partial charge >= 0.3 is 6.09 Å². The molecular formula is C38H58FN3O7. The van der Waals surface area contributed by atoms with Crippen molar-refractivity contribution < 1.29 is 38.1 Å². The molecule has 0 heterocycles. The number of rotatable bonds is 19. The Kier molecular flexibility index (Phi) is 17.0. The third-order valence-corrected chi connectivity index (χ3v) is 8.27. The molecular weight excluding hydrogens is 629 g/mol. The number of anilines is 1. The maximum absolute atomic E-state index is 13.7. The molecule has 2 aromatic carbocycles. The predicted octanol–water partition coefficient (Wildman–Crippen LogP) is 6.77. The molecule has 274 valence electrons. The van der Waals surface area contributed by atoms with Gasteiger partial charge in [0.15, 0.2) is 0 Å². The van der Waals surface area contributed by atoms with Crippen LogP contribution < -0.4 is 20.7 Å². The van der Waals surface area contributed by atoms with Crippen molar-refractivity contribution in [3.63, 3.8) is 0 Å². The number of ether oxygens (including phenoxy) is 3. The van der Waals surface area contributed by atoms with Crippen molar-refractivity contribution in [2.75, 3.05) is 25.6 Å². The molecule has 0 aliphatic carbocycles. The molecule has 0 bridgehead atoms. The summed E-state index contributed by atoms with van der Waals surface area (Å²) in [7, 11) is 1.63. The standard InChI is InChI=1S/C38H58FN3O7/c1-24(2)28(21-35(44)41-32-18-26(5)14-15-34(32)48-17-11-16-47-9)20-31(42-37(46)49-38(6,7)8)33(43)22-30(25(3)4)36(45)40-23-27-12-10-13-29(39)19-27/h10,12-15,18-19,24-25,28,30-31,33,43H,11,16-17,20-23H2,1-9H3,(H,40,45)(H,41,44)(H,42,46)/t28-,30+,31+,33+/m1/s1. The van der Waals surface area contributed by atoms with Crippen LogP contribution in [0.25, 0.3) is 0 Å². The van der Waals surface area contributed by atoms with Crippen molar-refractivity contribution in [2.45, 2.75) is 105 Å². The van der Waals surface area contributed by atoms with E-state index >= 15 is 0 Å². The van der Waals surface area contributed by atoms with Gasteiger partial charge in [-0.1, -0.05) is 45.9 Å². The number of alkyl carbamates (subject to hydrolysis) is 1. The Bertz CT molecular complexity index is 1340. The minimum atomic E-state index is -1.13. The summed E-state index contributed by atoms with van der Waals surface area (Å²) in [5, 5.41) is 20.3. The molecule has 2 rings (SSSR count). The molecule has 0 unspecified atom stereocenters. The van der Waals surface area contributed by atoms with Gasteiger partial charge in [-0.05, 0) is 93.7 Å². The molecule has 0 saturated heterocycles. The summed E-state index contributed by atoms with van der Waals surface area (Å²) in [6.45, 7) is 16.1. The van der Waals surface area contributed by atoms with Gasteiger partial charge in [0.05, 0.1) is 24.4 Å². The van der Waals surface area contributed by atoms with Crippen molar-refractivity contribution in [3.8, 4) is 5.75 Å². The quantitative estimate of drug-likeness (QED) is 0.120. The fourth-order valence-electron chi connectivity index (χ4n) is 5.45. The van der Waals surface area contributed by atoms with Crippen LogP contribution in [0.3, 0.4) is 0 Å². The van der Waals surface area contributed by atoms with E-state index in [1.807, 2.05) is 52.8 Å². The third kappa shape index (κ3) is 15.6. The molecule has 0 aliphatic rings. The Balaban J connectivity index is 2.23. The van der Waals surface area contributed by atoms with Crippen molar-refractivity contribution >= 4 is 23.6 Å². The number of aliphatic hydroxyl groups is 1. The molecule has 0 saturated carbocycles. The maximum Gasteiger partial charge on any atom is 0.407 e. The number of hydrogen-bond acceptors (Lipinski definition) is 7. The van der Waals surface area contributed by atoms with Gasteiger partial charge < -0.3 is 35.3 Å². The minimum absolute atomic E-state index is 0.0126. The first-order valence-electron chi connectivity index (χ1n) is 17.2. The van der Waals surface area contributed by atoms with E-state index in [1.165, 1.54) is 12.1 Å². The second-order valence-corrected chi connectivity index (χ2v) is 14.4. The fourth-order valence-corrected chi connectivity index (χ4v) is 5.45. The van der Waals surface area contributed by atoms with E-state index in [0.29, 0.717) is 36.6 Å². The lowest BCUT2D eigenvalue weighted by Crippen LogP contribution is -2.48.